The summed E-state index contributed by atoms with van der Waals surface area (Å²) in [5.41, 5.74) is 1.77. The molecular formula is C24H25ClN2O4. The summed E-state index contributed by atoms with van der Waals surface area (Å²) < 4.78 is 4.83. The number of amides is 2. The first-order valence-electron chi connectivity index (χ1n) is 10.1. The third kappa shape index (κ3) is 5.52. The van der Waals surface area contributed by atoms with Gasteiger partial charge >= 0.3 is 5.97 Å². The van der Waals surface area contributed by atoms with E-state index < -0.39 is 11.4 Å². The number of benzene rings is 2. The Labute approximate surface area is 186 Å². The molecule has 6 nitrogen and oxygen atoms in total. The van der Waals surface area contributed by atoms with E-state index in [1.807, 2.05) is 12.1 Å². The Kier molecular flexibility index (Phi) is 7.13. The molecule has 0 unspecified atom stereocenters. The van der Waals surface area contributed by atoms with E-state index in [9.17, 15) is 14.4 Å². The number of ether oxygens (including phenoxy) is 1. The lowest BCUT2D eigenvalue weighted by Gasteiger charge is -2.17. The largest absolute Gasteiger partial charge is 0.465 e. The van der Waals surface area contributed by atoms with Crippen LogP contribution in [0.4, 0.5) is 5.69 Å². The lowest BCUT2D eigenvalue weighted by Crippen LogP contribution is -2.28. The summed E-state index contributed by atoms with van der Waals surface area (Å²) in [6.07, 6.45) is 4.09. The summed E-state index contributed by atoms with van der Waals surface area (Å²) in [6.45, 7) is 3.83. The summed E-state index contributed by atoms with van der Waals surface area (Å²) in [5, 5.41) is 6.36. The summed E-state index contributed by atoms with van der Waals surface area (Å²) >= 11 is 5.97. The van der Waals surface area contributed by atoms with Gasteiger partial charge in [-0.2, -0.15) is 0 Å². The quantitative estimate of drug-likeness (QED) is 0.447. The third-order valence-electron chi connectivity index (χ3n) is 5.32. The Balaban J connectivity index is 1.78. The number of nitrogens with one attached hydrogen (secondary N) is 2. The first-order chi connectivity index (χ1) is 14.9. The number of anilines is 1. The van der Waals surface area contributed by atoms with E-state index in [1.165, 1.54) is 7.11 Å². The highest BCUT2D eigenvalue weighted by atomic mass is 35.5. The Bertz CT molecular complexity index is 997. The van der Waals surface area contributed by atoms with E-state index in [-0.39, 0.29) is 18.4 Å². The molecule has 31 heavy (non-hydrogen) atoms. The van der Waals surface area contributed by atoms with Gasteiger partial charge in [0, 0.05) is 23.7 Å². The smallest absolute Gasteiger partial charge is 0.337 e. The van der Waals surface area contributed by atoms with Crippen LogP contribution in [0.5, 0.6) is 0 Å². The van der Waals surface area contributed by atoms with E-state index in [0.29, 0.717) is 34.7 Å². The molecule has 0 saturated heterocycles. The number of hydrogen-bond acceptors (Lipinski definition) is 4. The van der Waals surface area contributed by atoms with Crippen molar-refractivity contribution in [2.45, 2.75) is 37.6 Å². The van der Waals surface area contributed by atoms with Gasteiger partial charge in [0.1, 0.15) is 0 Å². The number of rotatable bonds is 9. The average molecular weight is 441 g/mol. The van der Waals surface area contributed by atoms with Gasteiger partial charge in [0.15, 0.2) is 0 Å². The minimum absolute atomic E-state index is 0.117. The maximum atomic E-state index is 13.1. The zero-order valence-electron chi connectivity index (χ0n) is 17.4. The van der Waals surface area contributed by atoms with Crippen molar-refractivity contribution in [3.05, 3.63) is 76.8 Å². The fourth-order valence-corrected chi connectivity index (χ4v) is 3.54. The number of methoxy groups -OCH3 is 1. The molecule has 0 radical (unpaired) electrons. The zero-order valence-corrected chi connectivity index (χ0v) is 18.1. The van der Waals surface area contributed by atoms with Crippen LogP contribution in [0.15, 0.2) is 55.1 Å². The molecule has 1 aliphatic rings. The van der Waals surface area contributed by atoms with Crippen LogP contribution in [0.1, 0.15) is 47.2 Å². The number of carbonyl (C=O) groups is 3. The van der Waals surface area contributed by atoms with Crippen molar-refractivity contribution in [2.24, 2.45) is 0 Å². The van der Waals surface area contributed by atoms with Crippen LogP contribution in [0, 0.1) is 0 Å². The molecule has 3 rings (SSSR count). The van der Waals surface area contributed by atoms with Crippen LogP contribution in [0.3, 0.4) is 0 Å². The first kappa shape index (κ1) is 22.6. The first-order valence-corrected chi connectivity index (χ1v) is 10.4. The van der Waals surface area contributed by atoms with Gasteiger partial charge in [-0.1, -0.05) is 29.8 Å². The van der Waals surface area contributed by atoms with Gasteiger partial charge in [-0.15, -0.1) is 6.58 Å². The lowest BCUT2D eigenvalue weighted by atomic mass is 9.95. The van der Waals surface area contributed by atoms with Crippen molar-refractivity contribution in [2.75, 3.05) is 12.4 Å². The Morgan fingerprint density at radius 2 is 1.87 bits per heavy atom. The number of carbonyl (C=O) groups excluding carboxylic acids is 3. The fraction of sp³-hybridized carbons (Fsp3) is 0.292. The highest BCUT2D eigenvalue weighted by molar-refractivity contribution is 6.30. The Hall–Kier alpha value is -3.12. The molecule has 1 aliphatic carbocycles. The van der Waals surface area contributed by atoms with Gasteiger partial charge in [0.25, 0.3) is 0 Å². The molecule has 7 heteroatoms. The van der Waals surface area contributed by atoms with E-state index in [0.717, 1.165) is 18.4 Å². The second kappa shape index (κ2) is 9.79. The number of allylic oxidation sites excluding steroid dienone is 1. The molecule has 0 heterocycles. The molecule has 0 aliphatic heterocycles. The van der Waals surface area contributed by atoms with Gasteiger partial charge in [0.05, 0.1) is 18.1 Å². The standard InChI is InChI=1S/C24H25ClN2O4/c1-3-4-5-21(28)26-15-16-12-17(22(29)31-2)14-20(13-16)27-23(30)24(10-11-24)18-6-8-19(25)9-7-18/h3,6-9,12-14H,1,4-5,10-11,15H2,2H3,(H,26,28)(H,27,30). The predicted molar refractivity (Wildman–Crippen MR) is 120 cm³/mol. The molecule has 162 valence electrons. The van der Waals surface area contributed by atoms with Gasteiger partial charge in [-0.3, -0.25) is 9.59 Å². The van der Waals surface area contributed by atoms with Crippen LogP contribution in [0.2, 0.25) is 5.02 Å². The topological polar surface area (TPSA) is 84.5 Å². The molecule has 0 bridgehead atoms. The highest BCUT2D eigenvalue weighted by Crippen LogP contribution is 2.49. The molecule has 2 aromatic carbocycles. The summed E-state index contributed by atoms with van der Waals surface area (Å²) in [6, 6.07) is 12.2. The Morgan fingerprint density at radius 1 is 1.16 bits per heavy atom. The van der Waals surface area contributed by atoms with Gasteiger partial charge in [-0.05, 0) is 60.7 Å². The van der Waals surface area contributed by atoms with Gasteiger partial charge in [-0.25, -0.2) is 4.79 Å². The van der Waals surface area contributed by atoms with Crippen molar-refractivity contribution in [1.29, 1.82) is 0 Å². The van der Waals surface area contributed by atoms with Crippen LogP contribution in [-0.2, 0) is 26.3 Å². The molecule has 0 aromatic heterocycles. The number of esters is 1. The van der Waals surface area contributed by atoms with Crippen molar-refractivity contribution in [3.63, 3.8) is 0 Å². The molecule has 0 spiro atoms. The molecule has 1 saturated carbocycles. The monoisotopic (exact) mass is 440 g/mol. The van der Waals surface area contributed by atoms with E-state index in [4.69, 9.17) is 16.3 Å². The highest BCUT2D eigenvalue weighted by Gasteiger charge is 2.51. The van der Waals surface area contributed by atoms with Crippen LogP contribution in [0.25, 0.3) is 0 Å². The molecule has 2 aromatic rings. The maximum Gasteiger partial charge on any atom is 0.337 e. The average Bonchev–Trinajstić information content (AvgIpc) is 3.58. The summed E-state index contributed by atoms with van der Waals surface area (Å²) in [4.78, 5) is 37.1. The number of halogens is 1. The Morgan fingerprint density at radius 3 is 2.48 bits per heavy atom. The summed E-state index contributed by atoms with van der Waals surface area (Å²) in [5.74, 6) is -0.777. The fourth-order valence-electron chi connectivity index (χ4n) is 3.42. The predicted octanol–water partition coefficient (Wildman–Crippen LogP) is 4.38. The normalized spacial score (nSPS) is 13.7. The van der Waals surface area contributed by atoms with Crippen LogP contribution < -0.4 is 10.6 Å². The molecule has 0 atom stereocenters. The van der Waals surface area contributed by atoms with E-state index in [2.05, 4.69) is 17.2 Å². The molecular weight excluding hydrogens is 416 g/mol. The van der Waals surface area contributed by atoms with Crippen molar-refractivity contribution in [3.8, 4) is 0 Å². The van der Waals surface area contributed by atoms with Crippen LogP contribution >= 0.6 is 11.6 Å². The second-order valence-electron chi connectivity index (χ2n) is 7.56. The summed E-state index contributed by atoms with van der Waals surface area (Å²) in [7, 11) is 1.30. The SMILES string of the molecule is C=CCCC(=O)NCc1cc(NC(=O)C2(c3ccc(Cl)cc3)CC2)cc(C(=O)OC)c1. The van der Waals surface area contributed by atoms with Crippen molar-refractivity contribution in [1.82, 2.24) is 5.32 Å². The van der Waals surface area contributed by atoms with Gasteiger partial charge in [0.2, 0.25) is 11.8 Å². The molecule has 2 N–H and O–H groups in total. The second-order valence-corrected chi connectivity index (χ2v) is 7.99. The zero-order chi connectivity index (χ0) is 22.4. The van der Waals surface area contributed by atoms with E-state index in [1.54, 1.807) is 36.4 Å². The van der Waals surface area contributed by atoms with E-state index >= 15 is 0 Å². The van der Waals surface area contributed by atoms with Crippen molar-refractivity contribution >= 4 is 35.1 Å². The van der Waals surface area contributed by atoms with Crippen LogP contribution in [-0.4, -0.2) is 24.9 Å². The lowest BCUT2D eigenvalue weighted by molar-refractivity contribution is -0.121. The van der Waals surface area contributed by atoms with Gasteiger partial charge < -0.3 is 15.4 Å². The minimum atomic E-state index is -0.592. The molecule has 1 fully saturated rings. The minimum Gasteiger partial charge on any atom is -0.465 e. The third-order valence-corrected chi connectivity index (χ3v) is 5.57. The molecule has 2 amide bonds. The van der Waals surface area contributed by atoms with Crippen molar-refractivity contribution < 1.29 is 19.1 Å². The maximum absolute atomic E-state index is 13.1. The number of hydrogen-bond donors (Lipinski definition) is 2.